The van der Waals surface area contributed by atoms with Gasteiger partial charge < -0.3 is 14.5 Å². The molecule has 1 aliphatic carbocycles. The quantitative estimate of drug-likeness (QED) is 0.574. The zero-order chi connectivity index (χ0) is 24.4. The lowest BCUT2D eigenvalue weighted by atomic mass is 9.90. The van der Waals surface area contributed by atoms with Crippen molar-refractivity contribution in [1.82, 2.24) is 19.7 Å². The predicted molar refractivity (Wildman–Crippen MR) is 137 cm³/mol. The third-order valence-corrected chi connectivity index (χ3v) is 8.71. The standard InChI is InChI=1S/C27H34N4O3S/c1-34-23-8-4-3-6-20(23)19-29-14-16-31(17-15-29)26(33)22-18-27(22)9-12-30(13-10-27)25(32)21-7-5-11-28-24(21)35-2/h3-8,11,22H,9-10,12-19H2,1-2H3. The van der Waals surface area contributed by atoms with Crippen LogP contribution in [0.3, 0.4) is 0 Å². The first-order valence-corrected chi connectivity index (χ1v) is 13.7. The molecule has 35 heavy (non-hydrogen) atoms. The number of benzene rings is 1. The van der Waals surface area contributed by atoms with Crippen LogP contribution in [-0.4, -0.2) is 84.1 Å². The van der Waals surface area contributed by atoms with Crippen LogP contribution in [0.4, 0.5) is 0 Å². The van der Waals surface area contributed by atoms with Crippen LogP contribution in [0.25, 0.3) is 0 Å². The largest absolute Gasteiger partial charge is 0.496 e. The minimum Gasteiger partial charge on any atom is -0.496 e. The molecule has 3 heterocycles. The van der Waals surface area contributed by atoms with Gasteiger partial charge in [0.25, 0.3) is 5.91 Å². The van der Waals surface area contributed by atoms with E-state index in [-0.39, 0.29) is 17.2 Å². The molecule has 3 aliphatic rings. The molecule has 2 amide bonds. The van der Waals surface area contributed by atoms with E-state index in [0.717, 1.165) is 75.9 Å². The maximum absolute atomic E-state index is 13.3. The zero-order valence-electron chi connectivity index (χ0n) is 20.6. The normalized spacial score (nSPS) is 21.7. The van der Waals surface area contributed by atoms with Crippen molar-refractivity contribution in [3.8, 4) is 5.75 Å². The minimum atomic E-state index is 0.0620. The van der Waals surface area contributed by atoms with E-state index >= 15 is 0 Å². The van der Waals surface area contributed by atoms with Gasteiger partial charge in [0.05, 0.1) is 12.7 Å². The van der Waals surface area contributed by atoms with E-state index in [0.29, 0.717) is 11.5 Å². The molecule has 0 N–H and O–H groups in total. The molecule has 1 saturated carbocycles. The van der Waals surface area contributed by atoms with Crippen molar-refractivity contribution in [2.45, 2.75) is 30.8 Å². The number of thioether (sulfide) groups is 1. The molecule has 1 atom stereocenters. The number of pyridine rings is 1. The molecule has 1 aromatic heterocycles. The Balaban J connectivity index is 1.11. The highest BCUT2D eigenvalue weighted by Gasteiger charge is 2.59. The summed E-state index contributed by atoms with van der Waals surface area (Å²) in [5.74, 6) is 1.43. The highest BCUT2D eigenvalue weighted by Crippen LogP contribution is 2.60. The number of piperidine rings is 1. The smallest absolute Gasteiger partial charge is 0.256 e. The van der Waals surface area contributed by atoms with Gasteiger partial charge in [-0.2, -0.15) is 0 Å². The summed E-state index contributed by atoms with van der Waals surface area (Å²) < 4.78 is 5.49. The lowest BCUT2D eigenvalue weighted by molar-refractivity contribution is -0.135. The number of carbonyl (C=O) groups is 2. The highest BCUT2D eigenvalue weighted by atomic mass is 32.2. The van der Waals surface area contributed by atoms with Crippen LogP contribution in [-0.2, 0) is 11.3 Å². The van der Waals surface area contributed by atoms with Crippen LogP contribution < -0.4 is 4.74 Å². The molecule has 1 unspecified atom stereocenters. The number of rotatable bonds is 6. The number of carbonyl (C=O) groups excluding carboxylic acids is 2. The Morgan fingerprint density at radius 1 is 1.03 bits per heavy atom. The molecule has 3 fully saturated rings. The fourth-order valence-corrected chi connectivity index (χ4v) is 6.25. The average molecular weight is 495 g/mol. The van der Waals surface area contributed by atoms with E-state index in [4.69, 9.17) is 4.74 Å². The zero-order valence-corrected chi connectivity index (χ0v) is 21.4. The third-order valence-electron chi connectivity index (χ3n) is 8.00. The first-order valence-electron chi connectivity index (χ1n) is 12.5. The van der Waals surface area contributed by atoms with E-state index in [1.54, 1.807) is 13.3 Å². The van der Waals surface area contributed by atoms with Crippen molar-refractivity contribution >= 4 is 23.6 Å². The Labute approximate surface area is 211 Å². The molecule has 8 heteroatoms. The summed E-state index contributed by atoms with van der Waals surface area (Å²) in [5, 5.41) is 0.780. The lowest BCUT2D eigenvalue weighted by Gasteiger charge is -2.36. The van der Waals surface area contributed by atoms with E-state index < -0.39 is 0 Å². The summed E-state index contributed by atoms with van der Waals surface area (Å²) in [6.07, 6.45) is 6.48. The van der Waals surface area contributed by atoms with E-state index in [2.05, 4.69) is 20.9 Å². The van der Waals surface area contributed by atoms with Crippen molar-refractivity contribution < 1.29 is 14.3 Å². The van der Waals surface area contributed by atoms with E-state index in [1.807, 2.05) is 41.5 Å². The van der Waals surface area contributed by atoms with Crippen LogP contribution in [0.2, 0.25) is 0 Å². The van der Waals surface area contributed by atoms with Crippen molar-refractivity contribution in [1.29, 1.82) is 0 Å². The number of ether oxygens (including phenoxy) is 1. The Kier molecular flexibility index (Phi) is 7.02. The number of hydrogen-bond acceptors (Lipinski definition) is 6. The number of hydrogen-bond donors (Lipinski definition) is 0. The van der Waals surface area contributed by atoms with Gasteiger partial charge in [-0.3, -0.25) is 14.5 Å². The number of likely N-dealkylation sites (tertiary alicyclic amines) is 1. The number of amides is 2. The van der Waals surface area contributed by atoms with Crippen LogP contribution in [0.5, 0.6) is 5.75 Å². The van der Waals surface area contributed by atoms with E-state index in [9.17, 15) is 9.59 Å². The molecule has 7 nitrogen and oxygen atoms in total. The minimum absolute atomic E-state index is 0.0620. The molecule has 2 saturated heterocycles. The number of para-hydroxylation sites is 1. The van der Waals surface area contributed by atoms with Gasteiger partial charge in [0, 0.05) is 63.5 Å². The second kappa shape index (κ2) is 10.2. The summed E-state index contributed by atoms with van der Waals surface area (Å²) in [7, 11) is 1.71. The number of methoxy groups -OCH3 is 1. The number of nitrogens with zero attached hydrogens (tertiary/aromatic N) is 4. The van der Waals surface area contributed by atoms with Gasteiger partial charge in [0.2, 0.25) is 5.91 Å². The first kappa shape index (κ1) is 24.1. The van der Waals surface area contributed by atoms with Gasteiger partial charge in [-0.05, 0) is 49.1 Å². The fourth-order valence-electron chi connectivity index (χ4n) is 5.71. The Hall–Kier alpha value is -2.58. The molecular formula is C27H34N4O3S. The molecular weight excluding hydrogens is 460 g/mol. The Bertz CT molecular complexity index is 1080. The molecule has 186 valence electrons. The van der Waals surface area contributed by atoms with Crippen molar-refractivity contribution in [2.75, 3.05) is 52.6 Å². The van der Waals surface area contributed by atoms with Gasteiger partial charge in [0.15, 0.2) is 0 Å². The fraction of sp³-hybridized carbons (Fsp3) is 0.519. The van der Waals surface area contributed by atoms with Crippen LogP contribution in [0.1, 0.15) is 35.2 Å². The topological polar surface area (TPSA) is 66.0 Å². The molecule has 1 aromatic carbocycles. The monoisotopic (exact) mass is 494 g/mol. The summed E-state index contributed by atoms with van der Waals surface area (Å²) >= 11 is 1.50. The van der Waals surface area contributed by atoms with Crippen LogP contribution in [0, 0.1) is 11.3 Å². The van der Waals surface area contributed by atoms with E-state index in [1.165, 1.54) is 17.3 Å². The summed E-state index contributed by atoms with van der Waals surface area (Å²) in [6, 6.07) is 11.8. The Morgan fingerprint density at radius 3 is 2.49 bits per heavy atom. The maximum atomic E-state index is 13.3. The van der Waals surface area contributed by atoms with Crippen molar-refractivity contribution in [3.63, 3.8) is 0 Å². The van der Waals surface area contributed by atoms with Crippen molar-refractivity contribution in [3.05, 3.63) is 53.7 Å². The molecule has 2 aliphatic heterocycles. The maximum Gasteiger partial charge on any atom is 0.256 e. The van der Waals surface area contributed by atoms with Crippen LogP contribution >= 0.6 is 11.8 Å². The summed E-state index contributed by atoms with van der Waals surface area (Å²) in [4.78, 5) is 37.1. The molecule has 1 spiro atoms. The molecule has 2 aromatic rings. The predicted octanol–water partition coefficient (Wildman–Crippen LogP) is 3.40. The van der Waals surface area contributed by atoms with Gasteiger partial charge in [-0.25, -0.2) is 4.98 Å². The van der Waals surface area contributed by atoms with Crippen molar-refractivity contribution in [2.24, 2.45) is 11.3 Å². The van der Waals surface area contributed by atoms with Crippen LogP contribution in [0.15, 0.2) is 47.6 Å². The third kappa shape index (κ3) is 4.91. The Morgan fingerprint density at radius 2 is 1.77 bits per heavy atom. The molecule has 0 radical (unpaired) electrons. The van der Waals surface area contributed by atoms with Gasteiger partial charge >= 0.3 is 0 Å². The van der Waals surface area contributed by atoms with Gasteiger partial charge in [-0.1, -0.05) is 18.2 Å². The highest BCUT2D eigenvalue weighted by molar-refractivity contribution is 7.98. The van der Waals surface area contributed by atoms with Gasteiger partial charge in [-0.15, -0.1) is 11.8 Å². The summed E-state index contributed by atoms with van der Waals surface area (Å²) in [5.41, 5.74) is 1.97. The average Bonchev–Trinajstić information content (AvgIpc) is 3.61. The summed E-state index contributed by atoms with van der Waals surface area (Å²) in [6.45, 7) is 5.62. The number of piperazine rings is 1. The van der Waals surface area contributed by atoms with Gasteiger partial charge in [0.1, 0.15) is 10.8 Å². The first-order chi connectivity index (χ1) is 17.0. The lowest BCUT2D eigenvalue weighted by Crippen LogP contribution is -2.49. The molecule has 0 bridgehead atoms. The molecule has 5 rings (SSSR count). The second-order valence-corrected chi connectivity index (χ2v) is 10.7. The number of aromatic nitrogens is 1. The SMILES string of the molecule is COc1ccccc1CN1CCN(C(=O)C2CC23CCN(C(=O)c2cccnc2SC)CC3)CC1. The second-order valence-electron chi connectivity index (χ2n) is 9.88.